The molecule has 1 aromatic heterocycles. The highest BCUT2D eigenvalue weighted by molar-refractivity contribution is 5.89. The summed E-state index contributed by atoms with van der Waals surface area (Å²) in [5.74, 6) is -4.49. The van der Waals surface area contributed by atoms with Crippen molar-refractivity contribution >= 4 is 18.0 Å². The number of ether oxygens (including phenoxy) is 1. The van der Waals surface area contributed by atoms with Gasteiger partial charge in [0.15, 0.2) is 0 Å². The highest BCUT2D eigenvalue weighted by atomic mass is 19.3. The van der Waals surface area contributed by atoms with Crippen LogP contribution in [0, 0.1) is 0 Å². The van der Waals surface area contributed by atoms with Gasteiger partial charge >= 0.3 is 5.97 Å². The number of hydrogen-bond donors (Lipinski definition) is 2. The van der Waals surface area contributed by atoms with Gasteiger partial charge in [-0.05, 0) is 36.0 Å². The van der Waals surface area contributed by atoms with E-state index in [9.17, 15) is 4.79 Å². The molecule has 2 unspecified atom stereocenters. The van der Waals surface area contributed by atoms with Gasteiger partial charge < -0.3 is 15.4 Å². The minimum absolute atomic E-state index is 0.000509. The summed E-state index contributed by atoms with van der Waals surface area (Å²) in [6.45, 7) is 7.03. The first-order chi connectivity index (χ1) is 16.6. The number of halogens is 2. The molecule has 5 rings (SSSR count). The number of aliphatic imine (C=N–C) groups is 1. The number of hydrogen-bond acceptors (Lipinski definition) is 7. The fourth-order valence-corrected chi connectivity index (χ4v) is 5.38. The summed E-state index contributed by atoms with van der Waals surface area (Å²) in [7, 11) is 1.32. The maximum Gasteiger partial charge on any atom is 0.323 e. The van der Waals surface area contributed by atoms with E-state index >= 15 is 8.78 Å². The predicted molar refractivity (Wildman–Crippen MR) is 129 cm³/mol. The third-order valence-electron chi connectivity index (χ3n) is 7.27. The van der Waals surface area contributed by atoms with Crippen LogP contribution in [0.15, 0.2) is 35.5 Å². The molecule has 0 bridgehead atoms. The number of methoxy groups -OCH3 is 1. The van der Waals surface area contributed by atoms with E-state index in [4.69, 9.17) is 4.74 Å². The number of alkyl halides is 2. The Morgan fingerprint density at radius 2 is 1.97 bits per heavy atom. The number of aromatic nitrogens is 2. The fourth-order valence-electron chi connectivity index (χ4n) is 5.38. The predicted octanol–water partition coefficient (Wildman–Crippen LogP) is 3.30. The first-order valence-electron chi connectivity index (χ1n) is 12.0. The smallest absolute Gasteiger partial charge is 0.323 e. The van der Waals surface area contributed by atoms with Gasteiger partial charge in [0, 0.05) is 25.7 Å². The van der Waals surface area contributed by atoms with Gasteiger partial charge in [-0.25, -0.2) is 23.4 Å². The Hall–Kier alpha value is -2.85. The van der Waals surface area contributed by atoms with Crippen LogP contribution < -0.4 is 10.6 Å². The van der Waals surface area contributed by atoms with Crippen LogP contribution in [0.1, 0.15) is 51.2 Å². The number of carbonyl (C=O) groups excluding carboxylic acids is 1. The van der Waals surface area contributed by atoms with Crippen LogP contribution in [-0.2, 0) is 14.9 Å². The quantitative estimate of drug-likeness (QED) is 0.646. The van der Waals surface area contributed by atoms with Crippen molar-refractivity contribution in [3.8, 4) is 5.69 Å². The second-order valence-electron chi connectivity index (χ2n) is 10.5. The SMILES string of the molecule is COC(=O)[C@@H]1CCCN1C1(C2NCCC2(F)F)N=Cc2cnn(-c3ccc(C(C)(C)C)cc3)c2N1. The highest BCUT2D eigenvalue weighted by Gasteiger charge is 2.62. The number of nitrogens with zero attached hydrogens (tertiary/aromatic N) is 4. The Kier molecular flexibility index (Phi) is 5.71. The number of benzene rings is 1. The van der Waals surface area contributed by atoms with E-state index in [1.54, 1.807) is 22.0 Å². The zero-order chi connectivity index (χ0) is 25.0. The van der Waals surface area contributed by atoms with Gasteiger partial charge in [-0.2, -0.15) is 5.10 Å². The van der Waals surface area contributed by atoms with Crippen molar-refractivity contribution in [3.05, 3.63) is 41.6 Å². The molecule has 10 heteroatoms. The molecule has 2 aromatic rings. The molecule has 2 saturated heterocycles. The molecule has 188 valence electrons. The van der Waals surface area contributed by atoms with Crippen molar-refractivity contribution < 1.29 is 18.3 Å². The standard InChI is InChI=1S/C25H32F2N6O2/c1-23(2,3)17-7-9-18(10-8-17)33-20-16(15-30-33)14-29-25(31-20,22-24(26,27)11-12-28-22)32-13-5-6-19(32)21(34)35-4/h7-10,14-15,19,22,28,31H,5-6,11-13H2,1-4H3/t19-,22?,25?/m0/s1. The lowest BCUT2D eigenvalue weighted by Gasteiger charge is -2.48. The molecule has 0 spiro atoms. The number of fused-ring (bicyclic) bond motifs is 1. The first-order valence-corrected chi connectivity index (χ1v) is 12.0. The largest absolute Gasteiger partial charge is 0.468 e. The number of likely N-dealkylation sites (tertiary alicyclic amines) is 1. The van der Waals surface area contributed by atoms with Gasteiger partial charge in [0.2, 0.25) is 5.79 Å². The van der Waals surface area contributed by atoms with Crippen molar-refractivity contribution in [2.75, 3.05) is 25.5 Å². The van der Waals surface area contributed by atoms with Crippen LogP contribution in [0.4, 0.5) is 14.6 Å². The highest BCUT2D eigenvalue weighted by Crippen LogP contribution is 2.43. The zero-order valence-corrected chi connectivity index (χ0v) is 20.5. The van der Waals surface area contributed by atoms with Crippen LogP contribution in [0.25, 0.3) is 5.69 Å². The minimum Gasteiger partial charge on any atom is -0.468 e. The summed E-state index contributed by atoms with van der Waals surface area (Å²) < 4.78 is 37.2. The molecule has 3 aliphatic heterocycles. The van der Waals surface area contributed by atoms with Gasteiger partial charge in [0.1, 0.15) is 17.9 Å². The Labute approximate surface area is 203 Å². The third-order valence-corrected chi connectivity index (χ3v) is 7.27. The van der Waals surface area contributed by atoms with Gasteiger partial charge in [0.05, 0.1) is 24.6 Å². The summed E-state index contributed by atoms with van der Waals surface area (Å²) in [5, 5.41) is 10.8. The molecule has 3 aliphatic rings. The summed E-state index contributed by atoms with van der Waals surface area (Å²) in [4.78, 5) is 19.0. The minimum atomic E-state index is -3.02. The van der Waals surface area contributed by atoms with E-state index in [2.05, 4.69) is 41.5 Å². The van der Waals surface area contributed by atoms with Crippen LogP contribution in [0.2, 0.25) is 0 Å². The van der Waals surface area contributed by atoms with Crippen LogP contribution in [0.3, 0.4) is 0 Å². The molecule has 2 fully saturated rings. The van der Waals surface area contributed by atoms with E-state index in [0.29, 0.717) is 30.8 Å². The molecular weight excluding hydrogens is 454 g/mol. The monoisotopic (exact) mass is 486 g/mol. The van der Waals surface area contributed by atoms with Crippen molar-refractivity contribution in [2.24, 2.45) is 4.99 Å². The molecule has 4 heterocycles. The number of anilines is 1. The van der Waals surface area contributed by atoms with Crippen molar-refractivity contribution in [1.82, 2.24) is 20.0 Å². The third kappa shape index (κ3) is 3.92. The van der Waals surface area contributed by atoms with E-state index in [-0.39, 0.29) is 18.4 Å². The van der Waals surface area contributed by atoms with Gasteiger partial charge in [-0.1, -0.05) is 32.9 Å². The Morgan fingerprint density at radius 1 is 1.23 bits per heavy atom. The zero-order valence-electron chi connectivity index (χ0n) is 20.5. The Morgan fingerprint density at radius 3 is 2.60 bits per heavy atom. The van der Waals surface area contributed by atoms with Crippen molar-refractivity contribution in [2.45, 2.75) is 69.2 Å². The lowest BCUT2D eigenvalue weighted by atomic mass is 9.87. The van der Waals surface area contributed by atoms with Crippen LogP contribution in [-0.4, -0.2) is 70.9 Å². The summed E-state index contributed by atoms with van der Waals surface area (Å²) in [6.07, 6.45) is 4.15. The van der Waals surface area contributed by atoms with E-state index < -0.39 is 29.8 Å². The van der Waals surface area contributed by atoms with Gasteiger partial charge in [-0.3, -0.25) is 4.79 Å². The summed E-state index contributed by atoms with van der Waals surface area (Å²) in [6, 6.07) is 6.03. The maximum absolute atomic E-state index is 15.2. The van der Waals surface area contributed by atoms with E-state index in [1.165, 1.54) is 12.7 Å². The number of carbonyl (C=O) groups is 1. The van der Waals surface area contributed by atoms with Crippen molar-refractivity contribution in [1.29, 1.82) is 0 Å². The van der Waals surface area contributed by atoms with Gasteiger partial charge in [0.25, 0.3) is 5.92 Å². The molecule has 0 saturated carbocycles. The molecule has 0 aliphatic carbocycles. The van der Waals surface area contributed by atoms with Crippen LogP contribution >= 0.6 is 0 Å². The summed E-state index contributed by atoms with van der Waals surface area (Å²) in [5.41, 5.74) is 2.67. The Bertz CT molecular complexity index is 1140. The second-order valence-corrected chi connectivity index (χ2v) is 10.5. The van der Waals surface area contributed by atoms with Gasteiger partial charge in [-0.15, -0.1) is 0 Å². The average molecular weight is 487 g/mol. The number of esters is 1. The lowest BCUT2D eigenvalue weighted by Crippen LogP contribution is -2.70. The van der Waals surface area contributed by atoms with E-state index in [0.717, 1.165) is 5.69 Å². The average Bonchev–Trinajstić information content (AvgIpc) is 3.55. The lowest BCUT2D eigenvalue weighted by molar-refractivity contribution is -0.150. The number of nitrogens with one attached hydrogen (secondary N) is 2. The summed E-state index contributed by atoms with van der Waals surface area (Å²) >= 11 is 0. The molecule has 8 nitrogen and oxygen atoms in total. The van der Waals surface area contributed by atoms with Crippen molar-refractivity contribution in [3.63, 3.8) is 0 Å². The number of rotatable bonds is 4. The molecule has 1 aromatic carbocycles. The van der Waals surface area contributed by atoms with E-state index in [1.807, 2.05) is 24.3 Å². The molecule has 0 radical (unpaired) electrons. The molecule has 0 amide bonds. The second kappa shape index (κ2) is 8.37. The van der Waals surface area contributed by atoms with Crippen LogP contribution in [0.5, 0.6) is 0 Å². The molecule has 2 N–H and O–H groups in total. The fraction of sp³-hybridized carbons (Fsp3) is 0.560. The Balaban J connectivity index is 1.58. The topological polar surface area (TPSA) is 83.8 Å². The molecular formula is C25H32F2N6O2. The molecule has 3 atom stereocenters. The maximum atomic E-state index is 15.2. The molecule has 35 heavy (non-hydrogen) atoms. The normalized spacial score (nSPS) is 28.1. The first kappa shape index (κ1) is 23.9.